The molecule has 5 rings (SSSR count). The van der Waals surface area contributed by atoms with Crippen LogP contribution in [-0.2, 0) is 12.8 Å². The van der Waals surface area contributed by atoms with Crippen molar-refractivity contribution in [3.8, 4) is 22.5 Å². The van der Waals surface area contributed by atoms with Gasteiger partial charge in [0.15, 0.2) is 0 Å². The van der Waals surface area contributed by atoms with Gasteiger partial charge in [-0.05, 0) is 60.9 Å². The molecule has 0 saturated carbocycles. The van der Waals surface area contributed by atoms with Gasteiger partial charge in [-0.15, -0.1) is 0 Å². The maximum Gasteiger partial charge on any atom is 0.251 e. The van der Waals surface area contributed by atoms with E-state index in [0.29, 0.717) is 34.5 Å². The van der Waals surface area contributed by atoms with Gasteiger partial charge in [0, 0.05) is 42.0 Å². The van der Waals surface area contributed by atoms with Crippen molar-refractivity contribution in [2.75, 3.05) is 6.54 Å². The molecule has 0 radical (unpaired) electrons. The van der Waals surface area contributed by atoms with E-state index in [-0.39, 0.29) is 11.7 Å². The Morgan fingerprint density at radius 3 is 2.28 bits per heavy atom. The predicted octanol–water partition coefficient (Wildman–Crippen LogP) is 5.75. The van der Waals surface area contributed by atoms with Crippen LogP contribution < -0.4 is 5.32 Å². The molecule has 0 aliphatic heterocycles. The van der Waals surface area contributed by atoms with Crippen LogP contribution in [0.2, 0.25) is 0 Å². The molecule has 36 heavy (non-hydrogen) atoms. The molecule has 2 heterocycles. The lowest BCUT2D eigenvalue weighted by atomic mass is 10.0. The SMILES string of the molecule is CCc1ccc(-c2nc3cc(C(=O)NCCCc4ncc[nH]4)ccc3nc2-c2ccc(F)cc2)cc1. The first-order valence-corrected chi connectivity index (χ1v) is 12.0. The van der Waals surface area contributed by atoms with E-state index in [1.807, 2.05) is 12.1 Å². The fourth-order valence-corrected chi connectivity index (χ4v) is 4.10. The number of hydrogen-bond acceptors (Lipinski definition) is 4. The minimum Gasteiger partial charge on any atom is -0.352 e. The Hall–Kier alpha value is -4.39. The van der Waals surface area contributed by atoms with E-state index < -0.39 is 0 Å². The lowest BCUT2D eigenvalue weighted by Gasteiger charge is -2.12. The number of aryl methyl sites for hydroxylation is 2. The van der Waals surface area contributed by atoms with Gasteiger partial charge >= 0.3 is 0 Å². The van der Waals surface area contributed by atoms with E-state index in [1.165, 1.54) is 17.7 Å². The second kappa shape index (κ2) is 10.5. The number of amides is 1. The number of rotatable bonds is 8. The van der Waals surface area contributed by atoms with Crippen LogP contribution in [0.1, 0.15) is 35.1 Å². The van der Waals surface area contributed by atoms with Gasteiger partial charge < -0.3 is 10.3 Å². The highest BCUT2D eigenvalue weighted by atomic mass is 19.1. The van der Waals surface area contributed by atoms with Gasteiger partial charge in [0.1, 0.15) is 11.6 Å². The van der Waals surface area contributed by atoms with Crippen molar-refractivity contribution in [2.45, 2.75) is 26.2 Å². The normalized spacial score (nSPS) is 11.1. The van der Waals surface area contributed by atoms with Crippen molar-refractivity contribution in [2.24, 2.45) is 0 Å². The van der Waals surface area contributed by atoms with Crippen LogP contribution >= 0.6 is 0 Å². The zero-order chi connectivity index (χ0) is 24.9. The minimum absolute atomic E-state index is 0.158. The molecule has 2 N–H and O–H groups in total. The third kappa shape index (κ3) is 5.15. The number of carbonyl (C=O) groups is 1. The number of H-pyrrole nitrogens is 1. The zero-order valence-electron chi connectivity index (χ0n) is 20.0. The quantitative estimate of drug-likeness (QED) is 0.278. The lowest BCUT2D eigenvalue weighted by Crippen LogP contribution is -2.24. The molecule has 0 spiro atoms. The third-order valence-corrected chi connectivity index (χ3v) is 6.11. The van der Waals surface area contributed by atoms with E-state index in [0.717, 1.165) is 36.2 Å². The van der Waals surface area contributed by atoms with Crippen molar-refractivity contribution < 1.29 is 9.18 Å². The van der Waals surface area contributed by atoms with Gasteiger partial charge in [-0.2, -0.15) is 0 Å². The summed E-state index contributed by atoms with van der Waals surface area (Å²) in [6, 6.07) is 19.8. The standard InChI is InChI=1S/C29H26FN5O/c1-2-19-5-7-20(8-6-19)28-27(21-9-12-23(30)13-10-21)34-24-14-11-22(18-25(24)35-28)29(36)33-15-3-4-26-31-16-17-32-26/h5-14,16-18H,2-4,15H2,1H3,(H,31,32)(H,33,36). The summed E-state index contributed by atoms with van der Waals surface area (Å²) in [7, 11) is 0. The van der Waals surface area contributed by atoms with Crippen LogP contribution in [0, 0.1) is 5.82 Å². The van der Waals surface area contributed by atoms with Crippen LogP contribution in [0.15, 0.2) is 79.1 Å². The van der Waals surface area contributed by atoms with E-state index in [2.05, 4.69) is 34.3 Å². The summed E-state index contributed by atoms with van der Waals surface area (Å²) in [6.07, 6.45) is 6.00. The summed E-state index contributed by atoms with van der Waals surface area (Å²) in [6.45, 7) is 2.65. The Labute approximate surface area is 208 Å². The monoisotopic (exact) mass is 479 g/mol. The summed E-state index contributed by atoms with van der Waals surface area (Å²) in [5.41, 5.74) is 6.08. The maximum atomic E-state index is 13.6. The number of hydrogen-bond donors (Lipinski definition) is 2. The Morgan fingerprint density at radius 2 is 1.61 bits per heavy atom. The zero-order valence-corrected chi connectivity index (χ0v) is 20.0. The first-order valence-electron chi connectivity index (χ1n) is 12.0. The smallest absolute Gasteiger partial charge is 0.251 e. The number of aromatic nitrogens is 4. The van der Waals surface area contributed by atoms with E-state index >= 15 is 0 Å². The van der Waals surface area contributed by atoms with Gasteiger partial charge in [0.25, 0.3) is 5.91 Å². The second-order valence-corrected chi connectivity index (χ2v) is 8.58. The summed E-state index contributed by atoms with van der Waals surface area (Å²) in [5.74, 6) is 0.442. The Balaban J connectivity index is 1.45. The topological polar surface area (TPSA) is 83.6 Å². The molecule has 2 aromatic heterocycles. The number of aromatic amines is 1. The predicted molar refractivity (Wildman–Crippen MR) is 139 cm³/mol. The van der Waals surface area contributed by atoms with E-state index in [1.54, 1.807) is 42.7 Å². The number of halogens is 1. The minimum atomic E-state index is -0.304. The third-order valence-electron chi connectivity index (χ3n) is 6.11. The second-order valence-electron chi connectivity index (χ2n) is 8.58. The van der Waals surface area contributed by atoms with Gasteiger partial charge in [-0.1, -0.05) is 31.2 Å². The van der Waals surface area contributed by atoms with Crippen LogP contribution in [0.4, 0.5) is 4.39 Å². The molecular formula is C29H26FN5O. The molecule has 0 atom stereocenters. The molecule has 1 amide bonds. The van der Waals surface area contributed by atoms with Crippen molar-refractivity contribution >= 4 is 16.9 Å². The highest BCUT2D eigenvalue weighted by Crippen LogP contribution is 2.31. The first-order chi connectivity index (χ1) is 17.6. The average molecular weight is 480 g/mol. The van der Waals surface area contributed by atoms with Gasteiger partial charge in [0.2, 0.25) is 0 Å². The fraction of sp³-hybridized carbons (Fsp3) is 0.172. The molecule has 180 valence electrons. The van der Waals surface area contributed by atoms with Crippen molar-refractivity contribution in [1.82, 2.24) is 25.3 Å². The molecule has 0 bridgehead atoms. The van der Waals surface area contributed by atoms with Crippen LogP contribution in [-0.4, -0.2) is 32.4 Å². The highest BCUT2D eigenvalue weighted by Gasteiger charge is 2.15. The van der Waals surface area contributed by atoms with Crippen LogP contribution in [0.5, 0.6) is 0 Å². The molecule has 0 aliphatic rings. The fourth-order valence-electron chi connectivity index (χ4n) is 4.10. The number of fused-ring (bicyclic) bond motifs is 1. The molecule has 7 heteroatoms. The summed E-state index contributed by atoms with van der Waals surface area (Å²) in [4.78, 5) is 29.8. The van der Waals surface area contributed by atoms with Gasteiger partial charge in [0.05, 0.1) is 22.4 Å². The van der Waals surface area contributed by atoms with Crippen LogP contribution in [0.25, 0.3) is 33.5 Å². The van der Waals surface area contributed by atoms with Crippen molar-refractivity contribution in [3.05, 3.63) is 102 Å². The average Bonchev–Trinajstić information content (AvgIpc) is 3.44. The molecule has 0 saturated heterocycles. The first kappa shape index (κ1) is 23.4. The summed E-state index contributed by atoms with van der Waals surface area (Å²) in [5, 5.41) is 2.96. The number of nitrogens with one attached hydrogen (secondary N) is 2. The molecule has 0 fully saturated rings. The molecule has 0 unspecified atom stereocenters. The van der Waals surface area contributed by atoms with E-state index in [9.17, 15) is 9.18 Å². The lowest BCUT2D eigenvalue weighted by molar-refractivity contribution is 0.0953. The molecule has 5 aromatic rings. The Bertz CT molecular complexity index is 1480. The highest BCUT2D eigenvalue weighted by molar-refractivity contribution is 5.98. The van der Waals surface area contributed by atoms with E-state index in [4.69, 9.17) is 9.97 Å². The Morgan fingerprint density at radius 1 is 0.917 bits per heavy atom. The molecule has 3 aromatic carbocycles. The van der Waals surface area contributed by atoms with Gasteiger partial charge in [-0.25, -0.2) is 19.3 Å². The van der Waals surface area contributed by atoms with Crippen molar-refractivity contribution in [3.63, 3.8) is 0 Å². The maximum absolute atomic E-state index is 13.6. The molecule has 0 aliphatic carbocycles. The molecular weight excluding hydrogens is 453 g/mol. The van der Waals surface area contributed by atoms with Crippen LogP contribution in [0.3, 0.4) is 0 Å². The number of imidazole rings is 1. The van der Waals surface area contributed by atoms with Crippen molar-refractivity contribution in [1.29, 1.82) is 0 Å². The summed E-state index contributed by atoms with van der Waals surface area (Å²) < 4.78 is 13.6. The number of benzene rings is 3. The summed E-state index contributed by atoms with van der Waals surface area (Å²) >= 11 is 0. The Kier molecular flexibility index (Phi) is 6.80. The van der Waals surface area contributed by atoms with Gasteiger partial charge in [-0.3, -0.25) is 4.79 Å². The molecule has 6 nitrogen and oxygen atoms in total. The largest absolute Gasteiger partial charge is 0.352 e. The number of carbonyl (C=O) groups excluding carboxylic acids is 1. The number of nitrogens with zero attached hydrogens (tertiary/aromatic N) is 3.